The van der Waals surface area contributed by atoms with Gasteiger partial charge in [0.2, 0.25) is 0 Å². The molecular weight excluding hydrogens is 168 g/mol. The van der Waals surface area contributed by atoms with Crippen molar-refractivity contribution in [3.8, 4) is 0 Å². The Hall–Kier alpha value is -0.810. The topological polar surface area (TPSA) is 74.6 Å². The smallest absolute Gasteiger partial charge is 0.271 e. The van der Waals surface area contributed by atoms with Crippen LogP contribution in [0.15, 0.2) is 24.0 Å². The van der Waals surface area contributed by atoms with Gasteiger partial charge >= 0.3 is 0 Å². The molecule has 1 unspecified atom stereocenters. The van der Waals surface area contributed by atoms with Gasteiger partial charge in [0.15, 0.2) is 0 Å². The molecule has 0 aliphatic heterocycles. The van der Waals surface area contributed by atoms with Crippen LogP contribution in [-0.2, 0) is 10.1 Å². The Morgan fingerprint density at radius 2 is 2.18 bits per heavy atom. The van der Waals surface area contributed by atoms with Gasteiger partial charge in [0, 0.05) is 0 Å². The maximum atomic E-state index is 10.5. The van der Waals surface area contributed by atoms with Crippen LogP contribution in [0.1, 0.15) is 6.42 Å². The minimum Gasteiger partial charge on any atom is -0.508 e. The second kappa shape index (κ2) is 2.67. The first-order valence-corrected chi connectivity index (χ1v) is 4.54. The second-order valence-corrected chi connectivity index (χ2v) is 3.91. The summed E-state index contributed by atoms with van der Waals surface area (Å²) >= 11 is 0. The van der Waals surface area contributed by atoms with Crippen molar-refractivity contribution < 1.29 is 18.1 Å². The van der Waals surface area contributed by atoms with Crippen molar-refractivity contribution in [2.45, 2.75) is 11.7 Å². The van der Waals surface area contributed by atoms with Gasteiger partial charge in [-0.05, 0) is 18.6 Å². The van der Waals surface area contributed by atoms with Crippen molar-refractivity contribution in [3.05, 3.63) is 24.0 Å². The highest BCUT2D eigenvalue weighted by Crippen LogP contribution is 2.14. The summed E-state index contributed by atoms with van der Waals surface area (Å²) < 4.78 is 29.5. The molecule has 1 aliphatic rings. The van der Waals surface area contributed by atoms with Gasteiger partial charge in [0.05, 0.1) is 0 Å². The summed E-state index contributed by atoms with van der Waals surface area (Å²) in [6.07, 6.45) is 3.98. The Balaban J connectivity index is 2.79. The lowest BCUT2D eigenvalue weighted by atomic mass is 10.2. The molecule has 0 fully saturated rings. The minimum atomic E-state index is -3.99. The van der Waals surface area contributed by atoms with E-state index in [0.29, 0.717) is 0 Å². The molecule has 0 bridgehead atoms. The Kier molecular flexibility index (Phi) is 2.01. The molecule has 0 radical (unpaired) electrons. The number of allylic oxidation sites excluding steroid dienone is 2. The maximum absolute atomic E-state index is 10.5. The second-order valence-electron chi connectivity index (χ2n) is 2.28. The third-order valence-electron chi connectivity index (χ3n) is 1.42. The summed E-state index contributed by atoms with van der Waals surface area (Å²) in [4.78, 5) is 0. The van der Waals surface area contributed by atoms with Crippen molar-refractivity contribution in [2.24, 2.45) is 0 Å². The Morgan fingerprint density at radius 1 is 1.55 bits per heavy atom. The highest BCUT2D eigenvalue weighted by molar-refractivity contribution is 7.86. The van der Waals surface area contributed by atoms with Crippen LogP contribution in [-0.4, -0.2) is 23.3 Å². The standard InChI is InChI=1S/C6H8O4S/c7-5-1-3-6(4-2-5)11(8,9)10/h1-3,6-7H,4H2,(H,8,9,10). The molecule has 0 aromatic carbocycles. The van der Waals surface area contributed by atoms with E-state index in [1.807, 2.05) is 0 Å². The normalized spacial score (nSPS) is 24.8. The fraction of sp³-hybridized carbons (Fsp3) is 0.333. The molecule has 0 saturated heterocycles. The summed E-state index contributed by atoms with van der Waals surface area (Å²) in [5.41, 5.74) is 0. The zero-order valence-corrected chi connectivity index (χ0v) is 6.45. The van der Waals surface area contributed by atoms with Gasteiger partial charge in [0.1, 0.15) is 11.0 Å². The molecule has 62 valence electrons. The van der Waals surface area contributed by atoms with E-state index in [0.717, 1.165) is 0 Å². The monoisotopic (exact) mass is 176 g/mol. The summed E-state index contributed by atoms with van der Waals surface area (Å²) in [7, 11) is -3.99. The van der Waals surface area contributed by atoms with Gasteiger partial charge in [-0.1, -0.05) is 6.08 Å². The van der Waals surface area contributed by atoms with Crippen molar-refractivity contribution in [3.63, 3.8) is 0 Å². The minimum absolute atomic E-state index is 0.0323. The van der Waals surface area contributed by atoms with E-state index < -0.39 is 15.4 Å². The predicted octanol–water partition coefficient (Wildman–Crippen LogP) is 0.645. The first-order valence-electron chi connectivity index (χ1n) is 3.04. The van der Waals surface area contributed by atoms with Crippen LogP contribution in [0.5, 0.6) is 0 Å². The van der Waals surface area contributed by atoms with E-state index in [1.165, 1.54) is 18.2 Å². The molecule has 5 heteroatoms. The van der Waals surface area contributed by atoms with Crippen LogP contribution in [0, 0.1) is 0 Å². The predicted molar refractivity (Wildman–Crippen MR) is 39.8 cm³/mol. The van der Waals surface area contributed by atoms with E-state index in [4.69, 9.17) is 9.66 Å². The third kappa shape index (κ3) is 2.06. The van der Waals surface area contributed by atoms with Gasteiger partial charge in [-0.2, -0.15) is 8.42 Å². The number of hydrogen-bond acceptors (Lipinski definition) is 3. The van der Waals surface area contributed by atoms with E-state index in [-0.39, 0.29) is 12.2 Å². The first-order chi connectivity index (χ1) is 5.00. The lowest BCUT2D eigenvalue weighted by Gasteiger charge is -2.09. The molecule has 0 heterocycles. The molecule has 1 rings (SSSR count). The van der Waals surface area contributed by atoms with Crippen molar-refractivity contribution in [2.75, 3.05) is 0 Å². The molecular formula is C6H8O4S. The third-order valence-corrected chi connectivity index (χ3v) is 2.54. The highest BCUT2D eigenvalue weighted by Gasteiger charge is 2.20. The van der Waals surface area contributed by atoms with Crippen LogP contribution in [0.4, 0.5) is 0 Å². The highest BCUT2D eigenvalue weighted by atomic mass is 32.2. The molecule has 0 saturated carbocycles. The number of rotatable bonds is 1. The summed E-state index contributed by atoms with van der Waals surface area (Å²) in [5.74, 6) is 0.0323. The van der Waals surface area contributed by atoms with Crippen LogP contribution >= 0.6 is 0 Å². The van der Waals surface area contributed by atoms with Crippen molar-refractivity contribution >= 4 is 10.1 Å². The molecule has 0 aromatic rings. The fourth-order valence-corrected chi connectivity index (χ4v) is 1.43. The van der Waals surface area contributed by atoms with E-state index in [2.05, 4.69) is 0 Å². The molecule has 1 atom stereocenters. The summed E-state index contributed by atoms with van der Waals surface area (Å²) in [6.45, 7) is 0. The average Bonchev–Trinajstić information content (AvgIpc) is 1.86. The lowest BCUT2D eigenvalue weighted by Crippen LogP contribution is -2.18. The molecule has 2 N–H and O–H groups in total. The van der Waals surface area contributed by atoms with Gasteiger partial charge < -0.3 is 5.11 Å². The number of aliphatic hydroxyl groups is 1. The molecule has 1 aliphatic carbocycles. The van der Waals surface area contributed by atoms with Gasteiger partial charge in [-0.25, -0.2) is 0 Å². The van der Waals surface area contributed by atoms with Gasteiger partial charge in [0.25, 0.3) is 10.1 Å². The molecule has 11 heavy (non-hydrogen) atoms. The Bertz CT molecular complexity index is 299. The molecule has 0 amide bonds. The molecule has 0 spiro atoms. The molecule has 4 nitrogen and oxygen atoms in total. The fourth-order valence-electron chi connectivity index (χ4n) is 0.810. The first kappa shape index (κ1) is 8.29. The van der Waals surface area contributed by atoms with Crippen LogP contribution in [0.25, 0.3) is 0 Å². The summed E-state index contributed by atoms with van der Waals surface area (Å²) in [5, 5.41) is 7.89. The van der Waals surface area contributed by atoms with E-state index >= 15 is 0 Å². The van der Waals surface area contributed by atoms with Gasteiger partial charge in [-0.15, -0.1) is 0 Å². The Morgan fingerprint density at radius 3 is 2.55 bits per heavy atom. The Labute approximate surface area is 64.6 Å². The van der Waals surface area contributed by atoms with Crippen molar-refractivity contribution in [1.29, 1.82) is 0 Å². The quantitative estimate of drug-likeness (QED) is 0.575. The van der Waals surface area contributed by atoms with Crippen LogP contribution in [0.3, 0.4) is 0 Å². The maximum Gasteiger partial charge on any atom is 0.271 e. The lowest BCUT2D eigenvalue weighted by molar-refractivity contribution is 0.425. The van der Waals surface area contributed by atoms with Crippen LogP contribution < -0.4 is 0 Å². The number of aliphatic hydroxyl groups excluding tert-OH is 1. The van der Waals surface area contributed by atoms with Crippen LogP contribution in [0.2, 0.25) is 0 Å². The summed E-state index contributed by atoms with van der Waals surface area (Å²) in [6, 6.07) is 0. The van der Waals surface area contributed by atoms with E-state index in [1.54, 1.807) is 0 Å². The number of hydrogen-bond donors (Lipinski definition) is 2. The largest absolute Gasteiger partial charge is 0.508 e. The van der Waals surface area contributed by atoms with Gasteiger partial charge in [-0.3, -0.25) is 4.55 Å². The zero-order chi connectivity index (χ0) is 8.48. The molecule has 0 aromatic heterocycles. The zero-order valence-electron chi connectivity index (χ0n) is 5.64. The van der Waals surface area contributed by atoms with E-state index in [9.17, 15) is 8.42 Å². The van der Waals surface area contributed by atoms with Crippen molar-refractivity contribution in [1.82, 2.24) is 0 Å². The SMILES string of the molecule is O=S(=O)(O)C1C=CC(O)=CC1. The average molecular weight is 176 g/mol.